The third kappa shape index (κ3) is 2.28. The van der Waals surface area contributed by atoms with Crippen molar-refractivity contribution < 1.29 is 8.78 Å². The molecule has 1 aromatic carbocycles. The van der Waals surface area contributed by atoms with Gasteiger partial charge < -0.3 is 5.32 Å². The number of rotatable bonds is 2. The van der Waals surface area contributed by atoms with Crippen LogP contribution in [0.25, 0.3) is 0 Å². The molecule has 2 atom stereocenters. The van der Waals surface area contributed by atoms with E-state index >= 15 is 0 Å². The van der Waals surface area contributed by atoms with Crippen LogP contribution in [-0.2, 0) is 0 Å². The van der Waals surface area contributed by atoms with E-state index in [0.717, 1.165) is 31.4 Å². The first kappa shape index (κ1) is 10.4. The summed E-state index contributed by atoms with van der Waals surface area (Å²) in [4.78, 5) is 0. The smallest absolute Gasteiger partial charge is 0.146 e. The van der Waals surface area contributed by atoms with Gasteiger partial charge in [0, 0.05) is 6.04 Å². The predicted octanol–water partition coefficient (Wildman–Crippen LogP) is 3.57. The number of hydrogen-bond donors (Lipinski definition) is 1. The molecule has 1 N–H and O–H groups in total. The highest BCUT2D eigenvalue weighted by molar-refractivity contribution is 5.46. The second kappa shape index (κ2) is 4.17. The molecule has 1 aliphatic carbocycles. The zero-order valence-corrected chi connectivity index (χ0v) is 8.76. The van der Waals surface area contributed by atoms with Crippen molar-refractivity contribution in [1.29, 1.82) is 0 Å². The quantitative estimate of drug-likeness (QED) is 0.788. The van der Waals surface area contributed by atoms with Gasteiger partial charge in [0.05, 0.1) is 5.69 Å². The second-order valence-electron chi connectivity index (χ2n) is 4.28. The zero-order chi connectivity index (χ0) is 10.8. The van der Waals surface area contributed by atoms with E-state index in [9.17, 15) is 8.78 Å². The third-order valence-corrected chi connectivity index (χ3v) is 3.13. The van der Waals surface area contributed by atoms with E-state index in [-0.39, 0.29) is 17.5 Å². The average molecular weight is 211 g/mol. The van der Waals surface area contributed by atoms with Gasteiger partial charge in [-0.2, -0.15) is 0 Å². The Bertz CT molecular complexity index is 351. The van der Waals surface area contributed by atoms with Gasteiger partial charge in [0.2, 0.25) is 0 Å². The Morgan fingerprint density at radius 3 is 2.73 bits per heavy atom. The minimum Gasteiger partial charge on any atom is -0.380 e. The Morgan fingerprint density at radius 2 is 2.07 bits per heavy atom. The van der Waals surface area contributed by atoms with Crippen molar-refractivity contribution in [2.75, 3.05) is 5.32 Å². The number of halogens is 2. The lowest BCUT2D eigenvalue weighted by Gasteiger charge is -2.19. The number of nitrogens with one attached hydrogen (secondary N) is 1. The molecule has 0 heterocycles. The summed E-state index contributed by atoms with van der Waals surface area (Å²) in [6.45, 7) is 2.14. The minimum absolute atomic E-state index is 0.279. The van der Waals surface area contributed by atoms with E-state index in [1.54, 1.807) is 0 Å². The van der Waals surface area contributed by atoms with Crippen LogP contribution < -0.4 is 5.32 Å². The van der Waals surface area contributed by atoms with Crippen LogP contribution in [0.1, 0.15) is 26.2 Å². The van der Waals surface area contributed by atoms with Gasteiger partial charge in [-0.1, -0.05) is 13.3 Å². The lowest BCUT2D eigenvalue weighted by atomic mass is 10.1. The van der Waals surface area contributed by atoms with Crippen LogP contribution in [0.15, 0.2) is 18.2 Å². The van der Waals surface area contributed by atoms with E-state index in [0.29, 0.717) is 5.92 Å². The maximum Gasteiger partial charge on any atom is 0.146 e. The third-order valence-electron chi connectivity index (χ3n) is 3.13. The van der Waals surface area contributed by atoms with Crippen LogP contribution in [0, 0.1) is 17.6 Å². The first-order chi connectivity index (χ1) is 7.16. The molecule has 2 rings (SSSR count). The lowest BCUT2D eigenvalue weighted by molar-refractivity contribution is 0.547. The first-order valence-electron chi connectivity index (χ1n) is 5.38. The van der Waals surface area contributed by atoms with Crippen molar-refractivity contribution in [1.82, 2.24) is 0 Å². The average Bonchev–Trinajstić information content (AvgIpc) is 2.58. The predicted molar refractivity (Wildman–Crippen MR) is 56.8 cm³/mol. The summed E-state index contributed by atoms with van der Waals surface area (Å²) >= 11 is 0. The zero-order valence-electron chi connectivity index (χ0n) is 8.76. The van der Waals surface area contributed by atoms with Gasteiger partial charge >= 0.3 is 0 Å². The summed E-state index contributed by atoms with van der Waals surface area (Å²) < 4.78 is 26.2. The van der Waals surface area contributed by atoms with E-state index in [1.807, 2.05) is 0 Å². The molecule has 1 nitrogen and oxygen atoms in total. The number of anilines is 1. The molecule has 1 fully saturated rings. The first-order valence-corrected chi connectivity index (χ1v) is 5.38. The fourth-order valence-corrected chi connectivity index (χ4v) is 2.17. The van der Waals surface area contributed by atoms with E-state index < -0.39 is 5.82 Å². The molecular weight excluding hydrogens is 196 g/mol. The maximum absolute atomic E-state index is 13.3. The van der Waals surface area contributed by atoms with Gasteiger partial charge in [-0.15, -0.1) is 0 Å². The van der Waals surface area contributed by atoms with Gasteiger partial charge in [-0.3, -0.25) is 0 Å². The molecule has 82 valence electrons. The van der Waals surface area contributed by atoms with E-state index in [1.165, 1.54) is 6.07 Å². The molecule has 0 spiro atoms. The summed E-state index contributed by atoms with van der Waals surface area (Å²) in [7, 11) is 0. The molecule has 3 heteroatoms. The SMILES string of the molecule is C[C@H]1CCC[C@@H]1Nc1cc(F)ccc1F. The summed E-state index contributed by atoms with van der Waals surface area (Å²) in [5.74, 6) is -0.243. The molecule has 0 saturated heterocycles. The van der Waals surface area contributed by atoms with Crippen molar-refractivity contribution in [3.63, 3.8) is 0 Å². The largest absolute Gasteiger partial charge is 0.380 e. The van der Waals surface area contributed by atoms with Crippen LogP contribution in [0.5, 0.6) is 0 Å². The Kier molecular flexibility index (Phi) is 2.89. The minimum atomic E-state index is -0.399. The molecule has 0 bridgehead atoms. The summed E-state index contributed by atoms with van der Waals surface area (Å²) in [6, 6.07) is 3.80. The molecule has 0 amide bonds. The fraction of sp³-hybridized carbons (Fsp3) is 0.500. The highest BCUT2D eigenvalue weighted by Crippen LogP contribution is 2.28. The lowest BCUT2D eigenvalue weighted by Crippen LogP contribution is -2.22. The summed E-state index contributed by atoms with van der Waals surface area (Å²) in [5.41, 5.74) is 0.286. The van der Waals surface area contributed by atoms with Crippen molar-refractivity contribution in [2.24, 2.45) is 5.92 Å². The monoisotopic (exact) mass is 211 g/mol. The van der Waals surface area contributed by atoms with Crippen LogP contribution >= 0.6 is 0 Å². The molecule has 1 aliphatic rings. The Labute approximate surface area is 88.5 Å². The summed E-state index contributed by atoms with van der Waals surface area (Å²) in [5, 5.41) is 3.08. The van der Waals surface area contributed by atoms with Gasteiger partial charge in [0.15, 0.2) is 0 Å². The molecule has 0 aromatic heterocycles. The summed E-state index contributed by atoms with van der Waals surface area (Å²) in [6.07, 6.45) is 3.36. The molecule has 1 saturated carbocycles. The van der Waals surface area contributed by atoms with Crippen LogP contribution in [-0.4, -0.2) is 6.04 Å². The van der Waals surface area contributed by atoms with E-state index in [4.69, 9.17) is 0 Å². The number of hydrogen-bond acceptors (Lipinski definition) is 1. The van der Waals surface area contributed by atoms with Gasteiger partial charge in [-0.25, -0.2) is 8.78 Å². The molecule has 15 heavy (non-hydrogen) atoms. The van der Waals surface area contributed by atoms with Crippen molar-refractivity contribution in [3.05, 3.63) is 29.8 Å². The van der Waals surface area contributed by atoms with Crippen LogP contribution in [0.4, 0.5) is 14.5 Å². The molecule has 0 aliphatic heterocycles. The van der Waals surface area contributed by atoms with Gasteiger partial charge in [0.1, 0.15) is 11.6 Å². The molecule has 0 radical (unpaired) electrons. The van der Waals surface area contributed by atoms with Crippen molar-refractivity contribution in [3.8, 4) is 0 Å². The molecular formula is C12H15F2N. The topological polar surface area (TPSA) is 12.0 Å². The van der Waals surface area contributed by atoms with Gasteiger partial charge in [-0.05, 0) is 37.0 Å². The van der Waals surface area contributed by atoms with Crippen LogP contribution in [0.2, 0.25) is 0 Å². The van der Waals surface area contributed by atoms with E-state index in [2.05, 4.69) is 12.2 Å². The van der Waals surface area contributed by atoms with Crippen molar-refractivity contribution in [2.45, 2.75) is 32.2 Å². The highest BCUT2D eigenvalue weighted by Gasteiger charge is 2.23. The molecule has 1 aromatic rings. The highest BCUT2D eigenvalue weighted by atomic mass is 19.1. The Morgan fingerprint density at radius 1 is 1.27 bits per heavy atom. The normalized spacial score (nSPS) is 25.5. The molecule has 0 unspecified atom stereocenters. The second-order valence-corrected chi connectivity index (χ2v) is 4.28. The Hall–Kier alpha value is -1.12. The number of benzene rings is 1. The standard InChI is InChI=1S/C12H15F2N/c1-8-3-2-4-11(8)15-12-7-9(13)5-6-10(12)14/h5-8,11,15H,2-4H2,1H3/t8-,11-/m0/s1. The van der Waals surface area contributed by atoms with Gasteiger partial charge in [0.25, 0.3) is 0 Å². The fourth-order valence-electron chi connectivity index (χ4n) is 2.17. The maximum atomic E-state index is 13.3. The van der Waals surface area contributed by atoms with Crippen LogP contribution in [0.3, 0.4) is 0 Å². The van der Waals surface area contributed by atoms with Crippen molar-refractivity contribution >= 4 is 5.69 Å². The Balaban J connectivity index is 2.12.